The Balaban J connectivity index is 0.000000196. The lowest BCUT2D eigenvalue weighted by atomic mass is 9.95. The summed E-state index contributed by atoms with van der Waals surface area (Å²) >= 11 is 19.4. The number of anilines is 2. The summed E-state index contributed by atoms with van der Waals surface area (Å²) in [4.78, 5) is 27.8. The number of carbonyl (C=O) groups is 2. The summed E-state index contributed by atoms with van der Waals surface area (Å²) in [5, 5.41) is 32.2. The summed E-state index contributed by atoms with van der Waals surface area (Å²) in [6, 6.07) is 28.4. The van der Waals surface area contributed by atoms with Gasteiger partial charge in [-0.3, -0.25) is 9.59 Å². The van der Waals surface area contributed by atoms with Gasteiger partial charge in [0, 0.05) is 70.9 Å². The number of aromatic nitrogens is 8. The molecule has 2 fully saturated rings. The van der Waals surface area contributed by atoms with Gasteiger partial charge in [-0.2, -0.15) is 4.68 Å². The number of hydrogen-bond acceptors (Lipinski definition) is 10. The molecule has 0 bridgehead atoms. The number of nitrogens with one attached hydrogen (secondary N) is 2. The second kappa shape index (κ2) is 21.0. The number of ether oxygens (including phenoxy) is 2. The zero-order chi connectivity index (χ0) is 47.3. The van der Waals surface area contributed by atoms with E-state index in [2.05, 4.69) is 113 Å². The first-order valence-electron chi connectivity index (χ1n) is 21.8. The average molecular weight is 1100 g/mol. The standard InChI is InChI=1S/2C23H27BrClN5O2Si/c1-33(2,3)12-11-32-15-30-21(27-28-29-30)19-14-18(7-8-20(19)24)26-22(31)23(9-10-23)16-5-4-6-17(25)13-16;1-33(2,3)12-11-32-15-30-28-21(27-29-30)19-14-18(7-8-20(19)24)26-22(31)23(9-10-23)16-5-4-6-17(25)13-16/h2*4-8,13-14H,9-12,15H2,1-3H3,(H,26,31). The lowest BCUT2D eigenvalue weighted by Crippen LogP contribution is -2.27. The van der Waals surface area contributed by atoms with E-state index in [1.54, 1.807) is 4.68 Å². The Morgan fingerprint density at radius 2 is 1.17 bits per heavy atom. The van der Waals surface area contributed by atoms with Crippen molar-refractivity contribution < 1.29 is 19.1 Å². The number of amides is 2. The summed E-state index contributed by atoms with van der Waals surface area (Å²) < 4.78 is 14.8. The van der Waals surface area contributed by atoms with Crippen LogP contribution in [0.3, 0.4) is 0 Å². The highest BCUT2D eigenvalue weighted by Crippen LogP contribution is 2.50. The largest absolute Gasteiger partial charge is 0.359 e. The Morgan fingerprint density at radius 3 is 1.67 bits per heavy atom. The van der Waals surface area contributed by atoms with Crippen molar-refractivity contribution in [3.05, 3.63) is 115 Å². The Morgan fingerprint density at radius 1 is 0.667 bits per heavy atom. The fourth-order valence-corrected chi connectivity index (χ4v) is 9.85. The molecule has 0 radical (unpaired) electrons. The Bertz CT molecular complexity index is 2680. The predicted molar refractivity (Wildman–Crippen MR) is 272 cm³/mol. The van der Waals surface area contributed by atoms with Crippen LogP contribution in [0.25, 0.3) is 22.8 Å². The maximum atomic E-state index is 13.2. The van der Waals surface area contributed by atoms with Crippen molar-refractivity contribution in [3.8, 4) is 22.8 Å². The molecule has 2 amide bonds. The molecule has 0 spiro atoms. The molecule has 4 aromatic carbocycles. The fraction of sp³-hybridized carbons (Fsp3) is 0.391. The van der Waals surface area contributed by atoms with Gasteiger partial charge >= 0.3 is 0 Å². The first-order chi connectivity index (χ1) is 31.3. The molecule has 2 heterocycles. The molecule has 2 aromatic heterocycles. The van der Waals surface area contributed by atoms with Crippen molar-refractivity contribution in [1.29, 1.82) is 0 Å². The second-order valence-electron chi connectivity index (χ2n) is 19.2. The molecule has 20 heteroatoms. The highest BCUT2D eigenvalue weighted by molar-refractivity contribution is 9.11. The van der Waals surface area contributed by atoms with Crippen LogP contribution in [0.15, 0.2) is 93.9 Å². The molecule has 2 aliphatic carbocycles. The van der Waals surface area contributed by atoms with Crippen LogP contribution in [-0.4, -0.2) is 81.6 Å². The summed E-state index contributed by atoms with van der Waals surface area (Å²) in [7, 11) is -2.31. The lowest BCUT2D eigenvalue weighted by molar-refractivity contribution is -0.119. The first-order valence-corrected chi connectivity index (χ1v) is 31.5. The zero-order valence-electron chi connectivity index (χ0n) is 37.9. The molecule has 2 saturated carbocycles. The van der Waals surface area contributed by atoms with Gasteiger partial charge in [-0.05, 0) is 125 Å². The second-order valence-corrected chi connectivity index (χ2v) is 33.0. The van der Waals surface area contributed by atoms with Gasteiger partial charge in [0.05, 0.1) is 10.8 Å². The predicted octanol–water partition coefficient (Wildman–Crippen LogP) is 11.5. The van der Waals surface area contributed by atoms with Crippen LogP contribution in [0.1, 0.15) is 36.8 Å². The maximum Gasteiger partial charge on any atom is 0.235 e. The summed E-state index contributed by atoms with van der Waals surface area (Å²) in [6.45, 7) is 15.8. The van der Waals surface area contributed by atoms with E-state index in [0.717, 1.165) is 69.0 Å². The van der Waals surface area contributed by atoms with Gasteiger partial charge < -0.3 is 20.1 Å². The highest BCUT2D eigenvalue weighted by atomic mass is 79.9. The molecule has 14 nitrogen and oxygen atoms in total. The highest BCUT2D eigenvalue weighted by Gasteiger charge is 2.52. The number of benzene rings is 4. The fourth-order valence-electron chi connectivity index (χ4n) is 7.11. The number of halogens is 4. The van der Waals surface area contributed by atoms with Gasteiger partial charge in [0.25, 0.3) is 0 Å². The third kappa shape index (κ3) is 12.9. The zero-order valence-corrected chi connectivity index (χ0v) is 44.6. The number of carbonyl (C=O) groups excluding carboxylic acids is 2. The summed E-state index contributed by atoms with van der Waals surface area (Å²) in [5.41, 5.74) is 3.73. The van der Waals surface area contributed by atoms with E-state index in [4.69, 9.17) is 32.7 Å². The minimum absolute atomic E-state index is 0.0349. The smallest absolute Gasteiger partial charge is 0.235 e. The Labute approximate surface area is 414 Å². The van der Waals surface area contributed by atoms with E-state index < -0.39 is 27.0 Å². The first kappa shape index (κ1) is 49.8. The molecular formula is C46H54Br2Cl2N10O4Si2. The molecule has 348 valence electrons. The van der Waals surface area contributed by atoms with E-state index in [9.17, 15) is 9.59 Å². The number of tetrazole rings is 2. The van der Waals surface area contributed by atoms with Crippen LogP contribution in [0.5, 0.6) is 0 Å². The maximum absolute atomic E-state index is 13.2. The molecule has 66 heavy (non-hydrogen) atoms. The van der Waals surface area contributed by atoms with Gasteiger partial charge in [-0.1, -0.05) is 119 Å². The Hall–Kier alpha value is -4.15. The molecule has 2 aliphatic rings. The van der Waals surface area contributed by atoms with E-state index in [-0.39, 0.29) is 25.3 Å². The molecule has 0 saturated heterocycles. The summed E-state index contributed by atoms with van der Waals surface area (Å²) in [6.07, 6.45) is 3.21. The van der Waals surface area contributed by atoms with Gasteiger partial charge in [-0.25, -0.2) is 0 Å². The number of hydrogen-bond donors (Lipinski definition) is 2. The van der Waals surface area contributed by atoms with Crippen molar-refractivity contribution in [2.45, 2.75) is 101 Å². The molecule has 2 N–H and O–H groups in total. The van der Waals surface area contributed by atoms with Crippen molar-refractivity contribution in [2.75, 3.05) is 23.8 Å². The van der Waals surface area contributed by atoms with Crippen molar-refractivity contribution in [1.82, 2.24) is 40.4 Å². The topological polar surface area (TPSA) is 164 Å². The van der Waals surface area contributed by atoms with Gasteiger partial charge in [0.1, 0.15) is 6.73 Å². The normalized spacial score (nSPS) is 14.8. The van der Waals surface area contributed by atoms with Crippen molar-refractivity contribution >= 4 is 94.4 Å². The third-order valence-electron chi connectivity index (χ3n) is 11.5. The van der Waals surface area contributed by atoms with Crippen LogP contribution in [0.4, 0.5) is 11.4 Å². The monoisotopic (exact) mass is 1090 g/mol. The Kier molecular flexibility index (Phi) is 15.8. The molecule has 0 unspecified atom stereocenters. The van der Waals surface area contributed by atoms with Crippen LogP contribution in [0, 0.1) is 0 Å². The molecular weight excluding hydrogens is 1040 g/mol. The van der Waals surface area contributed by atoms with E-state index in [1.807, 2.05) is 84.9 Å². The van der Waals surface area contributed by atoms with E-state index >= 15 is 0 Å². The third-order valence-corrected chi connectivity index (χ3v) is 16.7. The van der Waals surface area contributed by atoms with Crippen LogP contribution in [-0.2, 0) is 43.4 Å². The molecule has 0 atom stereocenters. The average Bonchev–Trinajstić information content (AvgIpc) is 4.16. The van der Waals surface area contributed by atoms with Crippen LogP contribution >= 0.6 is 55.1 Å². The molecule has 6 aromatic rings. The minimum atomic E-state index is -1.17. The van der Waals surface area contributed by atoms with Crippen molar-refractivity contribution in [2.24, 2.45) is 0 Å². The summed E-state index contributed by atoms with van der Waals surface area (Å²) in [5.74, 6) is 0.961. The quantitative estimate of drug-likeness (QED) is 0.0625. The lowest BCUT2D eigenvalue weighted by Gasteiger charge is -2.17. The van der Waals surface area contributed by atoms with Crippen LogP contribution in [0.2, 0.25) is 61.4 Å². The number of nitrogens with zero attached hydrogens (tertiary/aromatic N) is 8. The molecule has 8 rings (SSSR count). The van der Waals surface area contributed by atoms with E-state index in [0.29, 0.717) is 46.3 Å². The SMILES string of the molecule is C[Si](C)(C)CCOCn1nnc(-c2cc(NC(=O)C3(c4cccc(Cl)c4)CC3)ccc2Br)n1.C[Si](C)(C)CCOCn1nnnc1-c1cc(NC(=O)C2(c3cccc(Cl)c3)CC2)ccc1Br. The van der Waals surface area contributed by atoms with Crippen molar-refractivity contribution in [3.63, 3.8) is 0 Å². The van der Waals surface area contributed by atoms with Gasteiger partial charge in [0.2, 0.25) is 17.6 Å². The number of rotatable bonds is 18. The molecule has 0 aliphatic heterocycles. The van der Waals surface area contributed by atoms with Gasteiger partial charge in [0.15, 0.2) is 12.6 Å². The van der Waals surface area contributed by atoms with Gasteiger partial charge in [-0.15, -0.1) is 20.1 Å². The minimum Gasteiger partial charge on any atom is -0.359 e. The van der Waals surface area contributed by atoms with Crippen LogP contribution < -0.4 is 10.6 Å². The van der Waals surface area contributed by atoms with E-state index in [1.165, 1.54) is 4.80 Å².